The van der Waals surface area contributed by atoms with Crippen molar-refractivity contribution in [1.82, 2.24) is 5.43 Å². The zero-order valence-electron chi connectivity index (χ0n) is 9.65. The van der Waals surface area contributed by atoms with Crippen molar-refractivity contribution < 1.29 is 0 Å². The van der Waals surface area contributed by atoms with E-state index in [2.05, 4.69) is 46.5 Å². The molecule has 0 heterocycles. The van der Waals surface area contributed by atoms with Crippen LogP contribution in [0.2, 0.25) is 0 Å². The minimum atomic E-state index is 0.00627. The van der Waals surface area contributed by atoms with Gasteiger partial charge in [-0.2, -0.15) is 0 Å². The maximum absolute atomic E-state index is 5.70. The van der Waals surface area contributed by atoms with Gasteiger partial charge in [-0.3, -0.25) is 5.84 Å². The van der Waals surface area contributed by atoms with Gasteiger partial charge in [-0.1, -0.05) is 58.4 Å². The van der Waals surface area contributed by atoms with Crippen LogP contribution < -0.4 is 11.3 Å². The molecule has 0 aliphatic carbocycles. The van der Waals surface area contributed by atoms with E-state index in [4.69, 9.17) is 5.84 Å². The molecule has 1 atom stereocenters. The van der Waals surface area contributed by atoms with E-state index in [0.29, 0.717) is 0 Å². The first kappa shape index (κ1) is 12.3. The second kappa shape index (κ2) is 5.45. The van der Waals surface area contributed by atoms with Gasteiger partial charge < -0.3 is 0 Å². The highest BCUT2D eigenvalue weighted by Gasteiger charge is 2.16. The summed E-state index contributed by atoms with van der Waals surface area (Å²) in [7, 11) is 0. The monoisotopic (exact) mass is 290 g/mol. The Morgan fingerprint density at radius 3 is 2.18 bits per heavy atom. The van der Waals surface area contributed by atoms with Crippen LogP contribution in [-0.2, 0) is 0 Å². The summed E-state index contributed by atoms with van der Waals surface area (Å²) in [5.74, 6) is 5.70. The van der Waals surface area contributed by atoms with Crippen LogP contribution in [0.1, 0.15) is 22.7 Å². The normalized spacial score (nSPS) is 12.4. The number of rotatable bonds is 3. The van der Waals surface area contributed by atoms with Crippen molar-refractivity contribution in [2.45, 2.75) is 13.0 Å². The van der Waals surface area contributed by atoms with Crippen molar-refractivity contribution in [3.8, 4) is 0 Å². The van der Waals surface area contributed by atoms with Crippen molar-refractivity contribution in [3.63, 3.8) is 0 Å². The van der Waals surface area contributed by atoms with Gasteiger partial charge in [-0.05, 0) is 29.7 Å². The summed E-state index contributed by atoms with van der Waals surface area (Å²) in [6.07, 6.45) is 0. The Morgan fingerprint density at radius 1 is 1.00 bits per heavy atom. The zero-order chi connectivity index (χ0) is 12.3. The second-order valence-corrected chi connectivity index (χ2v) is 4.83. The molecule has 88 valence electrons. The minimum absolute atomic E-state index is 0.00627. The van der Waals surface area contributed by atoms with E-state index in [0.717, 1.165) is 10.0 Å². The maximum Gasteiger partial charge on any atom is 0.0723 e. The number of nitrogens with two attached hydrogens (primary N) is 1. The van der Waals surface area contributed by atoms with Crippen LogP contribution in [0.15, 0.2) is 53.0 Å². The maximum atomic E-state index is 5.70. The van der Waals surface area contributed by atoms with Gasteiger partial charge in [0.1, 0.15) is 0 Å². The van der Waals surface area contributed by atoms with Crippen LogP contribution in [0.3, 0.4) is 0 Å². The molecule has 1 unspecified atom stereocenters. The molecule has 0 aromatic heterocycles. The molecule has 0 saturated carbocycles. The summed E-state index contributed by atoms with van der Waals surface area (Å²) in [5, 5.41) is 0. The van der Waals surface area contributed by atoms with Crippen molar-refractivity contribution in [2.75, 3.05) is 0 Å². The van der Waals surface area contributed by atoms with E-state index in [9.17, 15) is 0 Å². The lowest BCUT2D eigenvalue weighted by Gasteiger charge is -2.20. The molecule has 0 amide bonds. The van der Waals surface area contributed by atoms with Gasteiger partial charge in [-0.25, -0.2) is 5.43 Å². The summed E-state index contributed by atoms with van der Waals surface area (Å²) < 4.78 is 1.06. The van der Waals surface area contributed by atoms with E-state index >= 15 is 0 Å². The van der Waals surface area contributed by atoms with Crippen molar-refractivity contribution in [3.05, 3.63) is 69.7 Å². The molecular weight excluding hydrogens is 276 g/mol. The number of nitrogens with one attached hydrogen (secondary N) is 1. The Kier molecular flexibility index (Phi) is 3.94. The topological polar surface area (TPSA) is 38.0 Å². The van der Waals surface area contributed by atoms with Gasteiger partial charge in [0.25, 0.3) is 0 Å². The Hall–Kier alpha value is -1.16. The lowest BCUT2D eigenvalue weighted by Crippen LogP contribution is -2.29. The molecule has 2 aromatic carbocycles. The highest BCUT2D eigenvalue weighted by Crippen LogP contribution is 2.29. The Bertz CT molecular complexity index is 466. The van der Waals surface area contributed by atoms with Gasteiger partial charge in [0, 0.05) is 4.47 Å². The molecule has 2 nitrogen and oxygen atoms in total. The number of hydrazine groups is 1. The number of aryl methyl sites for hydroxylation is 1. The molecule has 0 bridgehead atoms. The van der Waals surface area contributed by atoms with Crippen molar-refractivity contribution in [2.24, 2.45) is 5.84 Å². The first-order chi connectivity index (χ1) is 8.24. The lowest BCUT2D eigenvalue weighted by molar-refractivity contribution is 0.631. The molecule has 17 heavy (non-hydrogen) atoms. The summed E-state index contributed by atoms with van der Waals surface area (Å²) in [6.45, 7) is 2.09. The fourth-order valence-corrected chi connectivity index (χ4v) is 2.48. The highest BCUT2D eigenvalue weighted by atomic mass is 79.9. The average molecular weight is 291 g/mol. The molecule has 0 spiro atoms. The quantitative estimate of drug-likeness (QED) is 0.672. The largest absolute Gasteiger partial charge is 0.271 e. The average Bonchev–Trinajstić information content (AvgIpc) is 2.34. The van der Waals surface area contributed by atoms with Gasteiger partial charge in [-0.15, -0.1) is 0 Å². The van der Waals surface area contributed by atoms with Crippen LogP contribution in [0.25, 0.3) is 0 Å². The summed E-state index contributed by atoms with van der Waals surface area (Å²) in [5.41, 5.74) is 6.45. The Labute approximate surface area is 110 Å². The molecule has 0 aliphatic rings. The van der Waals surface area contributed by atoms with Crippen molar-refractivity contribution in [1.29, 1.82) is 0 Å². The minimum Gasteiger partial charge on any atom is -0.271 e. The van der Waals surface area contributed by atoms with Crippen LogP contribution >= 0.6 is 15.9 Å². The van der Waals surface area contributed by atoms with E-state index in [1.54, 1.807) is 0 Å². The third-order valence-electron chi connectivity index (χ3n) is 2.88. The van der Waals surface area contributed by atoms with Crippen LogP contribution in [0, 0.1) is 6.92 Å². The lowest BCUT2D eigenvalue weighted by atomic mass is 9.96. The standard InChI is InChI=1S/C14H15BrN2/c1-10-6-2-3-7-11(10)14(17-16)12-8-4-5-9-13(12)15/h2-9,14,17H,16H2,1H3. The predicted molar refractivity (Wildman–Crippen MR) is 74.5 cm³/mol. The molecule has 3 N–H and O–H groups in total. The summed E-state index contributed by atoms with van der Waals surface area (Å²) >= 11 is 3.56. The number of hydrogen-bond donors (Lipinski definition) is 2. The predicted octanol–water partition coefficient (Wildman–Crippen LogP) is 3.31. The summed E-state index contributed by atoms with van der Waals surface area (Å²) in [4.78, 5) is 0. The Balaban J connectivity index is 2.48. The summed E-state index contributed by atoms with van der Waals surface area (Å²) in [6, 6.07) is 16.4. The van der Waals surface area contributed by atoms with Crippen LogP contribution in [0.4, 0.5) is 0 Å². The fourth-order valence-electron chi connectivity index (χ4n) is 1.97. The third kappa shape index (κ3) is 2.57. The van der Waals surface area contributed by atoms with E-state index in [1.165, 1.54) is 11.1 Å². The first-order valence-corrected chi connectivity index (χ1v) is 6.29. The highest BCUT2D eigenvalue weighted by molar-refractivity contribution is 9.10. The molecule has 0 aliphatic heterocycles. The number of benzene rings is 2. The van der Waals surface area contributed by atoms with E-state index < -0.39 is 0 Å². The van der Waals surface area contributed by atoms with E-state index in [-0.39, 0.29) is 6.04 Å². The molecule has 2 aromatic rings. The van der Waals surface area contributed by atoms with Gasteiger partial charge in [0.05, 0.1) is 6.04 Å². The third-order valence-corrected chi connectivity index (χ3v) is 3.60. The second-order valence-electron chi connectivity index (χ2n) is 3.98. The smallest absolute Gasteiger partial charge is 0.0723 e. The Morgan fingerprint density at radius 2 is 1.59 bits per heavy atom. The molecular formula is C14H15BrN2. The number of halogens is 1. The van der Waals surface area contributed by atoms with Crippen LogP contribution in [0.5, 0.6) is 0 Å². The molecule has 3 heteroatoms. The molecule has 0 saturated heterocycles. The van der Waals surface area contributed by atoms with Gasteiger partial charge in [0.15, 0.2) is 0 Å². The van der Waals surface area contributed by atoms with Crippen molar-refractivity contribution >= 4 is 15.9 Å². The van der Waals surface area contributed by atoms with Gasteiger partial charge >= 0.3 is 0 Å². The zero-order valence-corrected chi connectivity index (χ0v) is 11.2. The van der Waals surface area contributed by atoms with Crippen LogP contribution in [-0.4, -0.2) is 0 Å². The molecule has 2 rings (SSSR count). The van der Waals surface area contributed by atoms with E-state index in [1.807, 2.05) is 30.3 Å². The SMILES string of the molecule is Cc1ccccc1C(NN)c1ccccc1Br. The first-order valence-electron chi connectivity index (χ1n) is 5.50. The molecule has 0 radical (unpaired) electrons. The van der Waals surface area contributed by atoms with Gasteiger partial charge in [0.2, 0.25) is 0 Å². The fraction of sp³-hybridized carbons (Fsp3) is 0.143. The molecule has 0 fully saturated rings. The number of hydrogen-bond acceptors (Lipinski definition) is 2.